The Kier molecular flexibility index (Phi) is 5.83. The molecule has 0 fully saturated rings. The zero-order valence-corrected chi connectivity index (χ0v) is 6.85. The van der Waals surface area contributed by atoms with Gasteiger partial charge < -0.3 is 5.43 Å². The molecule has 0 aromatic rings. The van der Waals surface area contributed by atoms with Crippen LogP contribution < -0.4 is 5.43 Å². The van der Waals surface area contributed by atoms with E-state index >= 15 is 0 Å². The van der Waals surface area contributed by atoms with Crippen LogP contribution in [0.5, 0.6) is 0 Å². The molecule has 0 aliphatic heterocycles. The molecule has 0 amide bonds. The fourth-order valence-electron chi connectivity index (χ4n) is 0.663. The normalized spacial score (nSPS) is 11.2. The van der Waals surface area contributed by atoms with Crippen molar-refractivity contribution in [1.29, 1.82) is 0 Å². The van der Waals surface area contributed by atoms with Gasteiger partial charge >= 0.3 is 0 Å². The Morgan fingerprint density at radius 1 is 1.70 bits per heavy atom. The second-order valence-corrected chi connectivity index (χ2v) is 2.25. The van der Waals surface area contributed by atoms with Crippen molar-refractivity contribution in [3.8, 4) is 0 Å². The Balaban J connectivity index is 3.36. The summed E-state index contributed by atoms with van der Waals surface area (Å²) in [7, 11) is 0. The standard InChI is InChI=1S/C8H16N2/c1-4-6-8(3)10-9-7-5-2/h5,9H,2,4,6-7H2,1,3H3/b10-8+. The second kappa shape index (κ2) is 6.33. The number of hydrogen-bond acceptors (Lipinski definition) is 2. The highest BCUT2D eigenvalue weighted by atomic mass is 15.3. The average molecular weight is 140 g/mol. The van der Waals surface area contributed by atoms with Gasteiger partial charge in [-0.15, -0.1) is 6.58 Å². The summed E-state index contributed by atoms with van der Waals surface area (Å²) >= 11 is 0. The Bertz CT molecular complexity index is 116. The maximum atomic E-state index is 4.10. The van der Waals surface area contributed by atoms with Crippen LogP contribution in [0.3, 0.4) is 0 Å². The molecule has 10 heavy (non-hydrogen) atoms. The van der Waals surface area contributed by atoms with Gasteiger partial charge in [0.1, 0.15) is 0 Å². The van der Waals surface area contributed by atoms with Gasteiger partial charge in [0.2, 0.25) is 0 Å². The van der Waals surface area contributed by atoms with Crippen molar-refractivity contribution in [3.63, 3.8) is 0 Å². The highest BCUT2D eigenvalue weighted by Crippen LogP contribution is 1.88. The first kappa shape index (κ1) is 9.21. The largest absolute Gasteiger partial charge is 0.306 e. The molecule has 1 N–H and O–H groups in total. The minimum Gasteiger partial charge on any atom is -0.306 e. The summed E-state index contributed by atoms with van der Waals surface area (Å²) in [4.78, 5) is 0. The van der Waals surface area contributed by atoms with Crippen LogP contribution in [0.25, 0.3) is 0 Å². The maximum absolute atomic E-state index is 4.10. The lowest BCUT2D eigenvalue weighted by Gasteiger charge is -1.97. The Labute approximate surface area is 63.0 Å². The smallest absolute Gasteiger partial charge is 0.0507 e. The highest BCUT2D eigenvalue weighted by molar-refractivity contribution is 5.81. The minimum absolute atomic E-state index is 0.751. The molecule has 0 aromatic carbocycles. The molecule has 0 bridgehead atoms. The lowest BCUT2D eigenvalue weighted by molar-refractivity contribution is 0.812. The third-order valence-corrected chi connectivity index (χ3v) is 1.12. The van der Waals surface area contributed by atoms with E-state index in [2.05, 4.69) is 24.0 Å². The van der Waals surface area contributed by atoms with E-state index in [9.17, 15) is 0 Å². The molecule has 0 unspecified atom stereocenters. The van der Waals surface area contributed by atoms with E-state index < -0.39 is 0 Å². The topological polar surface area (TPSA) is 24.4 Å². The van der Waals surface area contributed by atoms with Crippen LogP contribution in [0.2, 0.25) is 0 Å². The summed E-state index contributed by atoms with van der Waals surface area (Å²) < 4.78 is 0. The van der Waals surface area contributed by atoms with Crippen LogP contribution in [0.1, 0.15) is 26.7 Å². The van der Waals surface area contributed by atoms with E-state index in [0.717, 1.165) is 25.1 Å². The summed E-state index contributed by atoms with van der Waals surface area (Å²) in [5.74, 6) is 0. The minimum atomic E-state index is 0.751. The lowest BCUT2D eigenvalue weighted by atomic mass is 10.2. The van der Waals surface area contributed by atoms with Gasteiger partial charge in [0, 0.05) is 5.71 Å². The van der Waals surface area contributed by atoms with Crippen molar-refractivity contribution in [2.45, 2.75) is 26.7 Å². The summed E-state index contributed by atoms with van der Waals surface area (Å²) in [6, 6.07) is 0. The van der Waals surface area contributed by atoms with Gasteiger partial charge in [-0.3, -0.25) is 0 Å². The summed E-state index contributed by atoms with van der Waals surface area (Å²) in [6.07, 6.45) is 4.03. The zero-order valence-electron chi connectivity index (χ0n) is 6.85. The molecule has 2 nitrogen and oxygen atoms in total. The van der Waals surface area contributed by atoms with Gasteiger partial charge in [0.05, 0.1) is 6.54 Å². The van der Waals surface area contributed by atoms with Gasteiger partial charge in [0.15, 0.2) is 0 Å². The van der Waals surface area contributed by atoms with Gasteiger partial charge in [0.25, 0.3) is 0 Å². The molecule has 0 radical (unpaired) electrons. The first-order chi connectivity index (χ1) is 4.81. The van der Waals surface area contributed by atoms with Crippen molar-refractivity contribution in [2.75, 3.05) is 6.54 Å². The van der Waals surface area contributed by atoms with Gasteiger partial charge in [-0.1, -0.05) is 19.4 Å². The molecular weight excluding hydrogens is 124 g/mol. The summed E-state index contributed by atoms with van der Waals surface area (Å²) in [6.45, 7) is 8.50. The molecule has 0 aliphatic carbocycles. The maximum Gasteiger partial charge on any atom is 0.0507 e. The van der Waals surface area contributed by atoms with Crippen LogP contribution >= 0.6 is 0 Å². The Morgan fingerprint density at radius 2 is 2.40 bits per heavy atom. The molecule has 58 valence electrons. The van der Waals surface area contributed by atoms with E-state index in [1.165, 1.54) is 0 Å². The van der Waals surface area contributed by atoms with Crippen molar-refractivity contribution >= 4 is 5.71 Å². The van der Waals surface area contributed by atoms with Crippen molar-refractivity contribution in [2.24, 2.45) is 5.10 Å². The molecule has 0 aromatic heterocycles. The van der Waals surface area contributed by atoms with E-state index in [1.807, 2.05) is 6.92 Å². The molecule has 0 saturated heterocycles. The quantitative estimate of drug-likeness (QED) is 0.268. The Morgan fingerprint density at radius 3 is 2.90 bits per heavy atom. The first-order valence-corrected chi connectivity index (χ1v) is 3.68. The summed E-state index contributed by atoms with van der Waals surface area (Å²) in [5, 5.41) is 4.10. The molecule has 0 atom stereocenters. The molecule has 0 heterocycles. The molecular formula is C8H16N2. The third kappa shape index (κ3) is 5.35. The fourth-order valence-corrected chi connectivity index (χ4v) is 0.663. The lowest BCUT2D eigenvalue weighted by Crippen LogP contribution is -2.07. The van der Waals surface area contributed by atoms with Gasteiger partial charge in [-0.25, -0.2) is 0 Å². The van der Waals surface area contributed by atoms with E-state index in [1.54, 1.807) is 6.08 Å². The van der Waals surface area contributed by atoms with Crippen molar-refractivity contribution < 1.29 is 0 Å². The highest BCUT2D eigenvalue weighted by Gasteiger charge is 1.85. The number of nitrogens with zero attached hydrogens (tertiary/aromatic N) is 1. The fraction of sp³-hybridized carbons (Fsp3) is 0.625. The SMILES string of the molecule is C=CCN/N=C(\C)CCC. The van der Waals surface area contributed by atoms with E-state index in [0.29, 0.717) is 0 Å². The first-order valence-electron chi connectivity index (χ1n) is 3.68. The second-order valence-electron chi connectivity index (χ2n) is 2.25. The molecule has 0 rings (SSSR count). The molecule has 2 heteroatoms. The number of hydrogen-bond donors (Lipinski definition) is 1. The van der Waals surface area contributed by atoms with Crippen LogP contribution in [0, 0.1) is 0 Å². The summed E-state index contributed by atoms with van der Waals surface area (Å²) in [5.41, 5.74) is 4.05. The molecule has 0 saturated carbocycles. The average Bonchev–Trinajstić information content (AvgIpc) is 1.89. The number of hydrazone groups is 1. The van der Waals surface area contributed by atoms with Crippen LogP contribution in [-0.2, 0) is 0 Å². The van der Waals surface area contributed by atoms with Crippen LogP contribution in [0.15, 0.2) is 17.8 Å². The third-order valence-electron chi connectivity index (χ3n) is 1.12. The predicted molar refractivity (Wildman–Crippen MR) is 46.2 cm³/mol. The molecule has 0 aliphatic rings. The van der Waals surface area contributed by atoms with Gasteiger partial charge in [-0.05, 0) is 13.3 Å². The zero-order chi connectivity index (χ0) is 7.82. The monoisotopic (exact) mass is 140 g/mol. The van der Waals surface area contributed by atoms with Gasteiger partial charge in [-0.2, -0.15) is 5.10 Å². The van der Waals surface area contributed by atoms with Crippen LogP contribution in [0.4, 0.5) is 0 Å². The molecule has 0 spiro atoms. The van der Waals surface area contributed by atoms with Crippen molar-refractivity contribution in [1.82, 2.24) is 5.43 Å². The van der Waals surface area contributed by atoms with E-state index in [4.69, 9.17) is 0 Å². The predicted octanol–water partition coefficient (Wildman–Crippen LogP) is 1.94. The van der Waals surface area contributed by atoms with Crippen molar-refractivity contribution in [3.05, 3.63) is 12.7 Å². The van der Waals surface area contributed by atoms with E-state index in [-0.39, 0.29) is 0 Å². The number of rotatable bonds is 5. The Hall–Kier alpha value is -0.790. The number of nitrogens with one attached hydrogen (secondary N) is 1. The van der Waals surface area contributed by atoms with Crippen LogP contribution in [-0.4, -0.2) is 12.3 Å².